The van der Waals surface area contributed by atoms with Gasteiger partial charge in [-0.2, -0.15) is 5.10 Å². The summed E-state index contributed by atoms with van der Waals surface area (Å²) in [7, 11) is 0. The zero-order chi connectivity index (χ0) is 19.3. The summed E-state index contributed by atoms with van der Waals surface area (Å²) < 4.78 is 1.72. The van der Waals surface area contributed by atoms with E-state index in [1.165, 1.54) is 6.33 Å². The summed E-state index contributed by atoms with van der Waals surface area (Å²) >= 11 is 0. The molecule has 3 aromatic rings. The number of hydrogen-bond acceptors (Lipinski definition) is 5. The lowest BCUT2D eigenvalue weighted by atomic mass is 9.77. The Balaban J connectivity index is 1.41. The van der Waals surface area contributed by atoms with Crippen molar-refractivity contribution in [2.45, 2.75) is 25.0 Å². The molecule has 2 heterocycles. The summed E-state index contributed by atoms with van der Waals surface area (Å²) in [5, 5.41) is 26.9. The van der Waals surface area contributed by atoms with Crippen molar-refractivity contribution in [2.75, 3.05) is 13.1 Å². The number of nitrogens with zero attached hydrogens (tertiary/aromatic N) is 4. The zero-order valence-corrected chi connectivity index (χ0v) is 15.3. The number of aromatic nitrogens is 3. The second kappa shape index (κ2) is 6.60. The van der Waals surface area contributed by atoms with Crippen LogP contribution in [0.25, 0.3) is 10.8 Å². The van der Waals surface area contributed by atoms with E-state index in [4.69, 9.17) is 0 Å². The van der Waals surface area contributed by atoms with Crippen LogP contribution in [0, 0.1) is 11.8 Å². The molecule has 2 aliphatic rings. The predicted octanol–water partition coefficient (Wildman–Crippen LogP) is 2.22. The first-order valence-electron chi connectivity index (χ1n) is 9.64. The number of phenols is 1. The maximum atomic E-state index is 13.3. The zero-order valence-electron chi connectivity index (χ0n) is 15.3. The average Bonchev–Trinajstić information content (AvgIpc) is 3.36. The molecule has 2 aromatic carbocycles. The summed E-state index contributed by atoms with van der Waals surface area (Å²) in [6, 6.07) is 10.9. The third-order valence-corrected chi connectivity index (χ3v) is 6.29. The van der Waals surface area contributed by atoms with Gasteiger partial charge < -0.3 is 15.1 Å². The SMILES string of the molecule is O=C(c1c(O)ccc2ccccc12)N1C[C@H]2C[C@@H](n3cncn3)[C@H](O)C[C@H]2C1. The van der Waals surface area contributed by atoms with Crippen LogP contribution in [0.1, 0.15) is 29.2 Å². The van der Waals surface area contributed by atoms with Crippen molar-refractivity contribution in [1.29, 1.82) is 0 Å². The number of benzene rings is 2. The number of carbonyl (C=O) groups excluding carboxylic acids is 1. The molecular weight excluding hydrogens is 356 g/mol. The number of hydrogen-bond donors (Lipinski definition) is 2. The Morgan fingerprint density at radius 2 is 1.86 bits per heavy atom. The van der Waals surface area contributed by atoms with Crippen LogP contribution in [-0.2, 0) is 0 Å². The molecule has 1 amide bonds. The lowest BCUT2D eigenvalue weighted by Crippen LogP contribution is -2.36. The van der Waals surface area contributed by atoms with E-state index in [2.05, 4.69) is 10.1 Å². The largest absolute Gasteiger partial charge is 0.507 e. The molecule has 1 aliphatic heterocycles. The molecule has 1 saturated carbocycles. The van der Waals surface area contributed by atoms with Gasteiger partial charge in [0.15, 0.2) is 0 Å². The number of fused-ring (bicyclic) bond motifs is 2. The van der Waals surface area contributed by atoms with E-state index in [1.807, 2.05) is 35.2 Å². The second-order valence-electron chi connectivity index (χ2n) is 7.89. The van der Waals surface area contributed by atoms with E-state index in [0.717, 1.165) is 17.2 Å². The van der Waals surface area contributed by atoms with Crippen LogP contribution in [-0.4, -0.2) is 55.0 Å². The van der Waals surface area contributed by atoms with Crippen LogP contribution in [0.4, 0.5) is 0 Å². The van der Waals surface area contributed by atoms with Crippen molar-refractivity contribution < 1.29 is 15.0 Å². The van der Waals surface area contributed by atoms with Crippen LogP contribution < -0.4 is 0 Å². The van der Waals surface area contributed by atoms with Crippen LogP contribution in [0.15, 0.2) is 49.1 Å². The van der Waals surface area contributed by atoms with Gasteiger partial charge in [0.05, 0.1) is 17.7 Å². The van der Waals surface area contributed by atoms with E-state index in [0.29, 0.717) is 31.0 Å². The van der Waals surface area contributed by atoms with Crippen molar-refractivity contribution in [1.82, 2.24) is 19.7 Å². The molecule has 4 atom stereocenters. The molecule has 28 heavy (non-hydrogen) atoms. The van der Waals surface area contributed by atoms with Gasteiger partial charge in [0.1, 0.15) is 18.4 Å². The quantitative estimate of drug-likeness (QED) is 0.713. The summed E-state index contributed by atoms with van der Waals surface area (Å²) in [5.74, 6) is 0.434. The summed E-state index contributed by atoms with van der Waals surface area (Å²) in [6.45, 7) is 1.23. The fraction of sp³-hybridized carbons (Fsp3) is 0.381. The molecular formula is C21H22N4O3. The number of aromatic hydroxyl groups is 1. The van der Waals surface area contributed by atoms with Crippen molar-refractivity contribution in [3.8, 4) is 5.75 Å². The lowest BCUT2D eigenvalue weighted by Gasteiger charge is -2.34. The number of likely N-dealkylation sites (tertiary alicyclic amines) is 1. The molecule has 1 aromatic heterocycles. The molecule has 2 fully saturated rings. The van der Waals surface area contributed by atoms with E-state index in [-0.39, 0.29) is 23.6 Å². The number of carbonyl (C=O) groups is 1. The smallest absolute Gasteiger partial charge is 0.258 e. The molecule has 7 nitrogen and oxygen atoms in total. The van der Waals surface area contributed by atoms with Crippen LogP contribution >= 0.6 is 0 Å². The minimum absolute atomic E-state index is 0.0131. The maximum Gasteiger partial charge on any atom is 0.258 e. The Bertz CT molecular complexity index is 1020. The molecule has 1 aliphatic carbocycles. The van der Waals surface area contributed by atoms with Crippen LogP contribution in [0.3, 0.4) is 0 Å². The highest BCUT2D eigenvalue weighted by Gasteiger charge is 2.44. The van der Waals surface area contributed by atoms with Gasteiger partial charge in [-0.25, -0.2) is 9.67 Å². The number of aliphatic hydroxyl groups is 1. The van der Waals surface area contributed by atoms with Gasteiger partial charge in [0.25, 0.3) is 5.91 Å². The topological polar surface area (TPSA) is 91.5 Å². The molecule has 5 rings (SSSR count). The van der Waals surface area contributed by atoms with Gasteiger partial charge in [-0.05, 0) is 41.5 Å². The number of amides is 1. The average molecular weight is 378 g/mol. The molecule has 0 radical (unpaired) electrons. The molecule has 7 heteroatoms. The molecule has 0 bridgehead atoms. The van der Waals surface area contributed by atoms with Gasteiger partial charge in [-0.15, -0.1) is 0 Å². The van der Waals surface area contributed by atoms with Gasteiger partial charge in [-0.3, -0.25) is 4.79 Å². The van der Waals surface area contributed by atoms with Crippen LogP contribution in [0.5, 0.6) is 5.75 Å². The maximum absolute atomic E-state index is 13.3. The highest BCUT2D eigenvalue weighted by Crippen LogP contribution is 2.42. The monoisotopic (exact) mass is 378 g/mol. The third-order valence-electron chi connectivity index (χ3n) is 6.29. The number of aliphatic hydroxyl groups excluding tert-OH is 1. The van der Waals surface area contributed by atoms with Gasteiger partial charge in [0.2, 0.25) is 0 Å². The van der Waals surface area contributed by atoms with Crippen molar-refractivity contribution in [2.24, 2.45) is 11.8 Å². The Morgan fingerprint density at radius 1 is 1.07 bits per heavy atom. The molecule has 0 spiro atoms. The molecule has 144 valence electrons. The van der Waals surface area contributed by atoms with Crippen molar-refractivity contribution >= 4 is 16.7 Å². The first kappa shape index (κ1) is 17.2. The Morgan fingerprint density at radius 3 is 2.64 bits per heavy atom. The minimum atomic E-state index is -0.496. The number of rotatable bonds is 2. The lowest BCUT2D eigenvalue weighted by molar-refractivity contribution is 0.0304. The third kappa shape index (κ3) is 2.74. The highest BCUT2D eigenvalue weighted by atomic mass is 16.3. The van der Waals surface area contributed by atoms with E-state index < -0.39 is 6.10 Å². The van der Waals surface area contributed by atoms with Crippen molar-refractivity contribution in [3.63, 3.8) is 0 Å². The fourth-order valence-corrected chi connectivity index (χ4v) is 4.89. The first-order chi connectivity index (χ1) is 13.6. The minimum Gasteiger partial charge on any atom is -0.507 e. The van der Waals surface area contributed by atoms with E-state index in [9.17, 15) is 15.0 Å². The Hall–Kier alpha value is -2.93. The van der Waals surface area contributed by atoms with E-state index in [1.54, 1.807) is 17.1 Å². The Labute approximate surface area is 162 Å². The summed E-state index contributed by atoms with van der Waals surface area (Å²) in [5.41, 5.74) is 0.366. The number of phenolic OH excluding ortho intramolecular Hbond substituents is 1. The van der Waals surface area contributed by atoms with Gasteiger partial charge >= 0.3 is 0 Å². The molecule has 1 saturated heterocycles. The van der Waals surface area contributed by atoms with Gasteiger partial charge in [0, 0.05) is 13.1 Å². The van der Waals surface area contributed by atoms with Crippen molar-refractivity contribution in [3.05, 3.63) is 54.6 Å². The van der Waals surface area contributed by atoms with Crippen LogP contribution in [0.2, 0.25) is 0 Å². The van der Waals surface area contributed by atoms with Gasteiger partial charge in [-0.1, -0.05) is 30.3 Å². The second-order valence-corrected chi connectivity index (χ2v) is 7.89. The summed E-state index contributed by atoms with van der Waals surface area (Å²) in [6.07, 6.45) is 4.03. The molecule has 0 unspecified atom stereocenters. The highest BCUT2D eigenvalue weighted by molar-refractivity contribution is 6.09. The predicted molar refractivity (Wildman–Crippen MR) is 103 cm³/mol. The fourth-order valence-electron chi connectivity index (χ4n) is 4.89. The van der Waals surface area contributed by atoms with E-state index >= 15 is 0 Å². The summed E-state index contributed by atoms with van der Waals surface area (Å²) in [4.78, 5) is 19.1. The molecule has 2 N–H and O–H groups in total. The standard InChI is InChI=1S/C21H22N4O3/c26-18-6-5-13-3-1-2-4-16(13)20(18)21(28)24-9-14-7-17(25-12-22-11-23-25)19(27)8-15(14)10-24/h1-6,11-12,14-15,17,19,26-27H,7-10H2/t14-,15+,17-,19-/m1/s1. The normalized spacial score (nSPS) is 27.1. The Kier molecular flexibility index (Phi) is 4.05. The first-order valence-corrected chi connectivity index (χ1v) is 9.64.